The highest BCUT2D eigenvalue weighted by Crippen LogP contribution is 2.26. The van der Waals surface area contributed by atoms with Crippen molar-refractivity contribution in [2.45, 2.75) is 26.3 Å². The third-order valence-electron chi connectivity index (χ3n) is 4.24. The number of nitrogens with one attached hydrogen (secondary N) is 1. The van der Waals surface area contributed by atoms with E-state index in [1.165, 1.54) is 11.6 Å². The van der Waals surface area contributed by atoms with Crippen molar-refractivity contribution in [1.82, 2.24) is 5.32 Å². The second-order valence-electron chi connectivity index (χ2n) is 5.96. The van der Waals surface area contributed by atoms with Gasteiger partial charge in [-0.1, -0.05) is 30.3 Å². The van der Waals surface area contributed by atoms with E-state index < -0.39 is 0 Å². The number of anilines is 1. The molecule has 0 aliphatic carbocycles. The van der Waals surface area contributed by atoms with Gasteiger partial charge >= 0.3 is 0 Å². The van der Waals surface area contributed by atoms with Crippen LogP contribution in [0.5, 0.6) is 0 Å². The van der Waals surface area contributed by atoms with E-state index >= 15 is 0 Å². The van der Waals surface area contributed by atoms with Crippen molar-refractivity contribution >= 4 is 11.6 Å². The molecule has 0 spiro atoms. The molecule has 0 aromatic heterocycles. The lowest BCUT2D eigenvalue weighted by Crippen LogP contribution is -2.41. The van der Waals surface area contributed by atoms with Crippen LogP contribution in [0, 0.1) is 12.7 Å². The minimum atomic E-state index is -0.199. The van der Waals surface area contributed by atoms with Crippen LogP contribution in [0.3, 0.4) is 0 Å². The Hall–Kier alpha value is -2.20. The molecule has 1 N–H and O–H groups in total. The highest BCUT2D eigenvalue weighted by Gasteiger charge is 2.21. The van der Waals surface area contributed by atoms with Crippen LogP contribution in [-0.2, 0) is 17.8 Å². The summed E-state index contributed by atoms with van der Waals surface area (Å²) >= 11 is 0. The summed E-state index contributed by atoms with van der Waals surface area (Å²) in [5.41, 5.74) is 3.88. The maximum Gasteiger partial charge on any atom is 0.240 e. The molecule has 2 aromatic rings. The van der Waals surface area contributed by atoms with Crippen LogP contribution in [-0.4, -0.2) is 19.0 Å². The lowest BCUT2D eigenvalue weighted by Gasteiger charge is -2.29. The van der Waals surface area contributed by atoms with Crippen LogP contribution in [0.2, 0.25) is 0 Å². The molecule has 1 aliphatic heterocycles. The van der Waals surface area contributed by atoms with Crippen LogP contribution in [0.4, 0.5) is 10.1 Å². The molecule has 0 atom stereocenters. The van der Waals surface area contributed by atoms with Crippen LogP contribution in [0.25, 0.3) is 0 Å². The van der Waals surface area contributed by atoms with E-state index in [0.717, 1.165) is 30.6 Å². The third kappa shape index (κ3) is 3.59. The van der Waals surface area contributed by atoms with Gasteiger partial charge in [0, 0.05) is 18.8 Å². The van der Waals surface area contributed by atoms with Gasteiger partial charge in [-0.3, -0.25) is 4.79 Å². The van der Waals surface area contributed by atoms with E-state index in [2.05, 4.69) is 11.4 Å². The molecule has 0 radical (unpaired) electrons. The van der Waals surface area contributed by atoms with Gasteiger partial charge in [0.2, 0.25) is 5.91 Å². The summed E-state index contributed by atoms with van der Waals surface area (Å²) in [4.78, 5) is 14.3. The fourth-order valence-electron chi connectivity index (χ4n) is 3.02. The predicted octanol–water partition coefficient (Wildman–Crippen LogP) is 3.20. The maximum absolute atomic E-state index is 13.3. The SMILES string of the molecule is Cc1cc(CNCC(=O)N2CCCc3ccccc32)ccc1F. The first-order valence-corrected chi connectivity index (χ1v) is 7.99. The first-order chi connectivity index (χ1) is 11.1. The van der Waals surface area contributed by atoms with Gasteiger partial charge in [-0.15, -0.1) is 0 Å². The van der Waals surface area contributed by atoms with E-state index in [4.69, 9.17) is 0 Å². The Morgan fingerprint density at radius 3 is 2.91 bits per heavy atom. The number of aryl methyl sites for hydroxylation is 2. The number of amides is 1. The van der Waals surface area contributed by atoms with Gasteiger partial charge in [0.15, 0.2) is 0 Å². The Kier molecular flexibility index (Phi) is 4.72. The Morgan fingerprint density at radius 2 is 2.09 bits per heavy atom. The van der Waals surface area contributed by atoms with Crippen molar-refractivity contribution < 1.29 is 9.18 Å². The minimum Gasteiger partial charge on any atom is -0.311 e. The molecule has 3 rings (SSSR count). The summed E-state index contributed by atoms with van der Waals surface area (Å²) in [6, 6.07) is 13.1. The summed E-state index contributed by atoms with van der Waals surface area (Å²) in [5.74, 6) is -0.120. The van der Waals surface area contributed by atoms with Gasteiger partial charge in [0.05, 0.1) is 6.54 Å². The molecule has 1 amide bonds. The van der Waals surface area contributed by atoms with Gasteiger partial charge in [-0.05, 0) is 48.6 Å². The molecule has 23 heavy (non-hydrogen) atoms. The molecule has 0 unspecified atom stereocenters. The highest BCUT2D eigenvalue weighted by molar-refractivity contribution is 5.95. The molecule has 1 heterocycles. The Morgan fingerprint density at radius 1 is 1.26 bits per heavy atom. The lowest BCUT2D eigenvalue weighted by atomic mass is 10.0. The zero-order chi connectivity index (χ0) is 16.2. The van der Waals surface area contributed by atoms with E-state index in [1.54, 1.807) is 13.0 Å². The third-order valence-corrected chi connectivity index (χ3v) is 4.24. The van der Waals surface area contributed by atoms with Gasteiger partial charge in [-0.2, -0.15) is 0 Å². The monoisotopic (exact) mass is 312 g/mol. The van der Waals surface area contributed by atoms with Gasteiger partial charge in [0.25, 0.3) is 0 Å². The minimum absolute atomic E-state index is 0.0796. The number of hydrogen-bond acceptors (Lipinski definition) is 2. The quantitative estimate of drug-likeness (QED) is 0.940. The van der Waals surface area contributed by atoms with Crippen LogP contribution >= 0.6 is 0 Å². The molecule has 120 valence electrons. The summed E-state index contributed by atoms with van der Waals surface area (Å²) < 4.78 is 13.3. The van der Waals surface area contributed by atoms with Crippen LogP contribution < -0.4 is 10.2 Å². The zero-order valence-electron chi connectivity index (χ0n) is 13.3. The smallest absolute Gasteiger partial charge is 0.240 e. The number of nitrogens with zero attached hydrogens (tertiary/aromatic N) is 1. The Balaban J connectivity index is 1.59. The van der Waals surface area contributed by atoms with Gasteiger partial charge in [-0.25, -0.2) is 4.39 Å². The number of halogens is 1. The summed E-state index contributed by atoms with van der Waals surface area (Å²) in [5, 5.41) is 3.16. The largest absolute Gasteiger partial charge is 0.311 e. The standard InChI is InChI=1S/C19H21FN2O/c1-14-11-15(8-9-17(14)20)12-21-13-19(23)22-10-4-6-16-5-2-3-7-18(16)22/h2-3,5,7-9,11,21H,4,6,10,12-13H2,1H3. The molecule has 0 saturated heterocycles. The van der Waals surface area contributed by atoms with Crippen molar-refractivity contribution in [3.8, 4) is 0 Å². The summed E-state index contributed by atoms with van der Waals surface area (Å²) in [6.07, 6.45) is 2.03. The average molecular weight is 312 g/mol. The molecule has 0 saturated carbocycles. The van der Waals surface area contributed by atoms with E-state index in [1.807, 2.05) is 29.2 Å². The first-order valence-electron chi connectivity index (χ1n) is 7.99. The first kappa shape index (κ1) is 15.7. The van der Waals surface area contributed by atoms with E-state index in [9.17, 15) is 9.18 Å². The molecular weight excluding hydrogens is 291 g/mol. The molecule has 3 nitrogen and oxygen atoms in total. The average Bonchev–Trinajstić information content (AvgIpc) is 2.57. The van der Waals surface area contributed by atoms with Gasteiger partial charge in [0.1, 0.15) is 5.82 Å². The Bertz CT molecular complexity index is 714. The summed E-state index contributed by atoms with van der Waals surface area (Å²) in [6.45, 7) is 3.36. The van der Waals surface area contributed by atoms with Crippen molar-refractivity contribution in [3.63, 3.8) is 0 Å². The topological polar surface area (TPSA) is 32.3 Å². The summed E-state index contributed by atoms with van der Waals surface area (Å²) in [7, 11) is 0. The molecule has 4 heteroatoms. The van der Waals surface area contributed by atoms with Crippen LogP contribution in [0.15, 0.2) is 42.5 Å². The lowest BCUT2D eigenvalue weighted by molar-refractivity contribution is -0.117. The highest BCUT2D eigenvalue weighted by atomic mass is 19.1. The van der Waals surface area contributed by atoms with E-state index in [0.29, 0.717) is 12.1 Å². The van der Waals surface area contributed by atoms with Crippen molar-refractivity contribution in [3.05, 3.63) is 65.0 Å². The van der Waals surface area contributed by atoms with Crippen molar-refractivity contribution in [2.75, 3.05) is 18.0 Å². The number of fused-ring (bicyclic) bond motifs is 1. The number of carbonyl (C=O) groups is 1. The zero-order valence-corrected chi connectivity index (χ0v) is 13.3. The van der Waals surface area contributed by atoms with E-state index in [-0.39, 0.29) is 18.3 Å². The Labute approximate surface area is 136 Å². The fraction of sp³-hybridized carbons (Fsp3) is 0.316. The number of hydrogen-bond donors (Lipinski definition) is 1. The van der Waals surface area contributed by atoms with Crippen molar-refractivity contribution in [2.24, 2.45) is 0 Å². The normalized spacial score (nSPS) is 13.7. The number of para-hydroxylation sites is 1. The maximum atomic E-state index is 13.3. The molecule has 1 aliphatic rings. The molecule has 2 aromatic carbocycles. The molecular formula is C19H21FN2O. The van der Waals surface area contributed by atoms with Crippen molar-refractivity contribution in [1.29, 1.82) is 0 Å². The molecule has 0 fully saturated rings. The number of carbonyl (C=O) groups excluding carboxylic acids is 1. The predicted molar refractivity (Wildman–Crippen MR) is 90.0 cm³/mol. The number of rotatable bonds is 4. The fourth-order valence-corrected chi connectivity index (χ4v) is 3.02. The molecule has 0 bridgehead atoms. The second kappa shape index (κ2) is 6.92. The van der Waals surface area contributed by atoms with Crippen LogP contribution in [0.1, 0.15) is 23.1 Å². The van der Waals surface area contributed by atoms with Gasteiger partial charge < -0.3 is 10.2 Å². The number of benzene rings is 2. The second-order valence-corrected chi connectivity index (χ2v) is 5.96.